The standard InChI is InChI=1S/C24H27BrF3N5O.2ClH/c1-32(2)22-19-5-3-4-6-20(19)30-23(31-22)29-18-10-13-33(14-11-18)12-9-16-7-8-17(25)15-21(16)34-24(26,27)28;;/h3-8,15,18H,9-14H2,1-2H3,(H,29,30,31);2*1H. The van der Waals surface area contributed by atoms with Crippen LogP contribution in [-0.4, -0.2) is 61.0 Å². The number of para-hydroxylation sites is 1. The minimum atomic E-state index is -4.71. The minimum absolute atomic E-state index is 0. The summed E-state index contributed by atoms with van der Waals surface area (Å²) in [6.07, 6.45) is -2.42. The number of halogens is 6. The Hall–Kier alpha value is -2.01. The van der Waals surface area contributed by atoms with Crippen LogP contribution in [0.1, 0.15) is 18.4 Å². The quantitative estimate of drug-likeness (QED) is 0.338. The fraction of sp³-hybridized carbons (Fsp3) is 0.417. The van der Waals surface area contributed by atoms with Gasteiger partial charge in [-0.25, -0.2) is 4.98 Å². The maximum Gasteiger partial charge on any atom is 0.573 e. The van der Waals surface area contributed by atoms with Gasteiger partial charge in [0.05, 0.1) is 5.52 Å². The van der Waals surface area contributed by atoms with Crippen molar-refractivity contribution in [3.05, 3.63) is 52.5 Å². The van der Waals surface area contributed by atoms with Crippen LogP contribution in [0.15, 0.2) is 46.9 Å². The summed E-state index contributed by atoms with van der Waals surface area (Å²) in [6.45, 7) is 2.36. The molecule has 0 spiro atoms. The summed E-state index contributed by atoms with van der Waals surface area (Å²) in [6, 6.07) is 13.0. The van der Waals surface area contributed by atoms with Gasteiger partial charge in [0, 0.05) is 49.6 Å². The van der Waals surface area contributed by atoms with Crippen molar-refractivity contribution in [3.8, 4) is 5.75 Å². The summed E-state index contributed by atoms with van der Waals surface area (Å²) in [5.41, 5.74) is 1.44. The number of fused-ring (bicyclic) bond motifs is 1. The molecule has 0 aliphatic carbocycles. The molecule has 12 heteroatoms. The normalized spacial score (nSPS) is 14.6. The maximum absolute atomic E-state index is 12.8. The summed E-state index contributed by atoms with van der Waals surface area (Å²) in [7, 11) is 3.93. The van der Waals surface area contributed by atoms with Crippen LogP contribution in [-0.2, 0) is 6.42 Å². The summed E-state index contributed by atoms with van der Waals surface area (Å²) in [5.74, 6) is 1.34. The second-order valence-electron chi connectivity index (χ2n) is 8.59. The molecule has 1 aliphatic heterocycles. The van der Waals surface area contributed by atoms with Gasteiger partial charge in [-0.1, -0.05) is 34.1 Å². The van der Waals surface area contributed by atoms with E-state index in [4.69, 9.17) is 4.98 Å². The third-order valence-electron chi connectivity index (χ3n) is 5.88. The van der Waals surface area contributed by atoms with Crippen LogP contribution in [0.4, 0.5) is 24.9 Å². The Bertz CT molecular complexity index is 1140. The lowest BCUT2D eigenvalue weighted by Crippen LogP contribution is -2.40. The number of aromatic nitrogens is 2. The van der Waals surface area contributed by atoms with Gasteiger partial charge >= 0.3 is 6.36 Å². The number of likely N-dealkylation sites (tertiary alicyclic amines) is 1. The molecule has 36 heavy (non-hydrogen) atoms. The molecular weight excluding hydrogens is 582 g/mol. The molecule has 1 saturated heterocycles. The summed E-state index contributed by atoms with van der Waals surface area (Å²) >= 11 is 3.21. The zero-order chi connectivity index (χ0) is 24.3. The molecule has 0 bridgehead atoms. The van der Waals surface area contributed by atoms with Crippen LogP contribution in [0.5, 0.6) is 5.75 Å². The zero-order valence-corrected chi connectivity index (χ0v) is 23.1. The summed E-state index contributed by atoms with van der Waals surface area (Å²) in [4.78, 5) is 13.6. The largest absolute Gasteiger partial charge is 0.573 e. The molecule has 6 nitrogen and oxygen atoms in total. The van der Waals surface area contributed by atoms with E-state index in [1.165, 1.54) is 6.07 Å². The van der Waals surface area contributed by atoms with Crippen LogP contribution in [0, 0.1) is 0 Å². The van der Waals surface area contributed by atoms with E-state index < -0.39 is 6.36 Å². The number of benzene rings is 2. The molecule has 0 unspecified atom stereocenters. The van der Waals surface area contributed by atoms with Gasteiger partial charge in [0.25, 0.3) is 0 Å². The SMILES string of the molecule is CN(C)c1nc(NC2CCN(CCc3ccc(Br)cc3OC(F)(F)F)CC2)nc2ccccc12.Cl.Cl. The van der Waals surface area contributed by atoms with Gasteiger partial charge in [-0.15, -0.1) is 38.0 Å². The van der Waals surface area contributed by atoms with Gasteiger partial charge in [-0.3, -0.25) is 0 Å². The lowest BCUT2D eigenvalue weighted by molar-refractivity contribution is -0.274. The number of rotatable bonds is 7. The molecular formula is C24H29BrCl2F3N5O. The van der Waals surface area contributed by atoms with Crippen molar-refractivity contribution in [2.45, 2.75) is 31.7 Å². The Morgan fingerprint density at radius 2 is 1.78 bits per heavy atom. The minimum Gasteiger partial charge on any atom is -0.405 e. The third-order valence-corrected chi connectivity index (χ3v) is 6.37. The number of nitrogens with one attached hydrogen (secondary N) is 1. The Balaban J connectivity index is 0.00000228. The number of anilines is 2. The van der Waals surface area contributed by atoms with Crippen LogP contribution < -0.4 is 15.0 Å². The predicted molar refractivity (Wildman–Crippen MR) is 146 cm³/mol. The van der Waals surface area contributed by atoms with E-state index in [1.54, 1.807) is 12.1 Å². The van der Waals surface area contributed by atoms with Crippen LogP contribution in [0.25, 0.3) is 10.9 Å². The number of hydrogen-bond donors (Lipinski definition) is 1. The molecule has 0 amide bonds. The first kappa shape index (κ1) is 30.2. The molecule has 1 aliphatic rings. The molecule has 1 N–H and O–H groups in total. The Morgan fingerprint density at radius 1 is 1.08 bits per heavy atom. The highest BCUT2D eigenvalue weighted by atomic mass is 79.9. The lowest BCUT2D eigenvalue weighted by atomic mass is 10.0. The number of piperidine rings is 1. The van der Waals surface area contributed by atoms with E-state index in [0.29, 0.717) is 29.0 Å². The third kappa shape index (κ3) is 7.99. The highest BCUT2D eigenvalue weighted by Gasteiger charge is 2.32. The fourth-order valence-corrected chi connectivity index (χ4v) is 4.52. The zero-order valence-electron chi connectivity index (χ0n) is 19.9. The summed E-state index contributed by atoms with van der Waals surface area (Å²) in [5, 5.41) is 4.49. The van der Waals surface area contributed by atoms with Crippen molar-refractivity contribution in [1.82, 2.24) is 14.9 Å². The van der Waals surface area contributed by atoms with Crippen molar-refractivity contribution in [2.24, 2.45) is 0 Å². The number of hydrogen-bond acceptors (Lipinski definition) is 6. The second kappa shape index (κ2) is 13.0. The maximum atomic E-state index is 12.8. The van der Waals surface area contributed by atoms with Gasteiger partial charge in [-0.2, -0.15) is 4.98 Å². The van der Waals surface area contributed by atoms with Crippen molar-refractivity contribution >= 4 is 63.4 Å². The molecule has 2 heterocycles. The van der Waals surface area contributed by atoms with E-state index in [0.717, 1.165) is 42.7 Å². The average molecular weight is 611 g/mol. The first-order valence-corrected chi connectivity index (χ1v) is 11.9. The topological polar surface area (TPSA) is 53.5 Å². The Kier molecular flexibility index (Phi) is 10.9. The van der Waals surface area contributed by atoms with E-state index >= 15 is 0 Å². The molecule has 1 aromatic heterocycles. The molecule has 198 valence electrons. The van der Waals surface area contributed by atoms with Crippen LogP contribution in [0.3, 0.4) is 0 Å². The second-order valence-corrected chi connectivity index (χ2v) is 9.51. The van der Waals surface area contributed by atoms with Crippen molar-refractivity contribution in [2.75, 3.05) is 43.9 Å². The van der Waals surface area contributed by atoms with Crippen LogP contribution in [0.2, 0.25) is 0 Å². The van der Waals surface area contributed by atoms with Gasteiger partial charge < -0.3 is 19.9 Å². The van der Waals surface area contributed by atoms with E-state index in [1.807, 2.05) is 43.3 Å². The van der Waals surface area contributed by atoms with Gasteiger partial charge in [0.2, 0.25) is 5.95 Å². The fourth-order valence-electron chi connectivity index (χ4n) is 4.18. The molecule has 1 fully saturated rings. The summed E-state index contributed by atoms with van der Waals surface area (Å²) < 4.78 is 43.0. The monoisotopic (exact) mass is 609 g/mol. The Morgan fingerprint density at radius 3 is 2.44 bits per heavy atom. The molecule has 0 saturated carbocycles. The highest BCUT2D eigenvalue weighted by molar-refractivity contribution is 9.10. The van der Waals surface area contributed by atoms with Gasteiger partial charge in [0.15, 0.2) is 0 Å². The smallest absolute Gasteiger partial charge is 0.405 e. The van der Waals surface area contributed by atoms with Crippen molar-refractivity contribution in [1.29, 1.82) is 0 Å². The van der Waals surface area contributed by atoms with E-state index in [9.17, 15) is 13.2 Å². The van der Waals surface area contributed by atoms with E-state index in [2.05, 4.69) is 35.9 Å². The molecule has 4 rings (SSSR count). The van der Waals surface area contributed by atoms with Gasteiger partial charge in [-0.05, 0) is 49.1 Å². The Labute approximate surface area is 229 Å². The van der Waals surface area contributed by atoms with Crippen LogP contribution >= 0.6 is 40.7 Å². The highest BCUT2D eigenvalue weighted by Crippen LogP contribution is 2.30. The molecule has 0 radical (unpaired) electrons. The number of alkyl halides is 3. The predicted octanol–water partition coefficient (Wildman–Crippen LogP) is 6.32. The molecule has 3 aromatic rings. The first-order chi connectivity index (χ1) is 16.2. The van der Waals surface area contributed by atoms with Crippen molar-refractivity contribution < 1.29 is 17.9 Å². The number of nitrogens with zero attached hydrogens (tertiary/aromatic N) is 4. The molecule has 2 aromatic carbocycles. The lowest BCUT2D eigenvalue weighted by Gasteiger charge is -2.32. The molecule has 0 atom stereocenters. The number of ether oxygens (including phenoxy) is 1. The van der Waals surface area contributed by atoms with E-state index in [-0.39, 0.29) is 36.6 Å². The van der Waals surface area contributed by atoms with Crippen molar-refractivity contribution in [3.63, 3.8) is 0 Å². The van der Waals surface area contributed by atoms with Gasteiger partial charge in [0.1, 0.15) is 11.6 Å². The average Bonchev–Trinajstić information content (AvgIpc) is 2.78. The first-order valence-electron chi connectivity index (χ1n) is 11.1.